The zero-order chi connectivity index (χ0) is 28.6. The van der Waals surface area contributed by atoms with E-state index in [-0.39, 0.29) is 29.8 Å². The molecule has 2 aromatic rings. The summed E-state index contributed by atoms with van der Waals surface area (Å²) in [6.45, 7) is 6.75. The molecule has 4 rings (SSSR count). The number of amides is 2. The highest BCUT2D eigenvalue weighted by Gasteiger charge is 2.39. The molecule has 0 saturated carbocycles. The topological polar surface area (TPSA) is 78.7 Å². The second kappa shape index (κ2) is 14.7. The van der Waals surface area contributed by atoms with E-state index < -0.39 is 0 Å². The summed E-state index contributed by atoms with van der Waals surface area (Å²) in [5.74, 6) is 0.247. The number of nitrogens with one attached hydrogen (secondary N) is 1. The maximum atomic E-state index is 13.5. The lowest BCUT2D eigenvalue weighted by atomic mass is 9.93. The van der Waals surface area contributed by atoms with Gasteiger partial charge in [0.05, 0.1) is 16.0 Å². The maximum absolute atomic E-state index is 13.5. The van der Waals surface area contributed by atoms with Crippen molar-refractivity contribution in [2.75, 3.05) is 26.2 Å². The average molecular weight is 588 g/mol. The quantitative estimate of drug-likeness (QED) is 0.372. The van der Waals surface area contributed by atoms with Crippen LogP contribution >= 0.6 is 23.2 Å². The number of nitrogens with zero attached hydrogens (tertiary/aromatic N) is 2. The number of carbonyl (C=O) groups is 2. The molecule has 40 heavy (non-hydrogen) atoms. The first kappa shape index (κ1) is 30.8. The molecule has 6 nitrogen and oxygen atoms in total. The molecule has 0 spiro atoms. The van der Waals surface area contributed by atoms with Crippen molar-refractivity contribution in [1.29, 1.82) is 0 Å². The lowest BCUT2D eigenvalue weighted by Crippen LogP contribution is -2.50. The molecule has 2 aromatic carbocycles. The van der Waals surface area contributed by atoms with Gasteiger partial charge in [-0.3, -0.25) is 14.5 Å². The van der Waals surface area contributed by atoms with E-state index in [0.29, 0.717) is 54.5 Å². The van der Waals surface area contributed by atoms with Crippen molar-refractivity contribution < 1.29 is 9.59 Å². The smallest absolute Gasteiger partial charge is 0.224 e. The van der Waals surface area contributed by atoms with E-state index in [1.165, 1.54) is 5.56 Å². The molecule has 2 amide bonds. The summed E-state index contributed by atoms with van der Waals surface area (Å²) in [4.78, 5) is 31.3. The number of benzene rings is 2. The fraction of sp³-hybridized carbons (Fsp3) is 0.562. The van der Waals surface area contributed by atoms with Gasteiger partial charge in [0.1, 0.15) is 0 Å². The Bertz CT molecular complexity index is 1130. The summed E-state index contributed by atoms with van der Waals surface area (Å²) in [5.41, 5.74) is 8.76. The number of rotatable bonds is 11. The number of halogens is 2. The van der Waals surface area contributed by atoms with Crippen LogP contribution in [0.5, 0.6) is 0 Å². The van der Waals surface area contributed by atoms with Crippen LogP contribution in [0.1, 0.15) is 57.1 Å². The molecular weight excluding hydrogens is 543 g/mol. The summed E-state index contributed by atoms with van der Waals surface area (Å²) in [6, 6.07) is 16.8. The van der Waals surface area contributed by atoms with Gasteiger partial charge in [-0.15, -0.1) is 0 Å². The van der Waals surface area contributed by atoms with Crippen LogP contribution in [0, 0.1) is 11.8 Å². The van der Waals surface area contributed by atoms with Gasteiger partial charge in [0.25, 0.3) is 0 Å². The normalized spacial score (nSPS) is 22.6. The zero-order valence-corrected chi connectivity index (χ0v) is 25.3. The second-order valence-corrected chi connectivity index (χ2v) is 12.8. The van der Waals surface area contributed by atoms with Gasteiger partial charge in [-0.2, -0.15) is 0 Å². The molecule has 2 fully saturated rings. The minimum absolute atomic E-state index is 0.00811. The SMILES string of the molecule is CC(C)C[C@@H](CN1CCC(CCc2ccccc2)N2C[C@H](N)C[C@H]2CC1=O)C(=O)NCCc1ccc(Cl)c(Cl)c1. The van der Waals surface area contributed by atoms with E-state index in [1.54, 1.807) is 6.07 Å². The van der Waals surface area contributed by atoms with Crippen LogP contribution in [0.2, 0.25) is 10.0 Å². The molecular formula is C32H44Cl2N4O2. The first-order valence-electron chi connectivity index (χ1n) is 14.7. The molecule has 2 saturated heterocycles. The predicted octanol–water partition coefficient (Wildman–Crippen LogP) is 5.34. The first-order valence-corrected chi connectivity index (χ1v) is 15.5. The van der Waals surface area contributed by atoms with Crippen LogP contribution in [0.4, 0.5) is 0 Å². The van der Waals surface area contributed by atoms with Crippen LogP contribution in [-0.2, 0) is 22.4 Å². The molecule has 1 unspecified atom stereocenters. The molecule has 218 valence electrons. The van der Waals surface area contributed by atoms with Crippen LogP contribution in [0.3, 0.4) is 0 Å². The Morgan fingerprint density at radius 2 is 1.85 bits per heavy atom. The molecule has 2 aliphatic rings. The van der Waals surface area contributed by atoms with Gasteiger partial charge >= 0.3 is 0 Å². The molecule has 4 atom stereocenters. The number of hydrogen-bond donors (Lipinski definition) is 2. The number of nitrogens with two attached hydrogens (primary N) is 1. The average Bonchev–Trinajstić information content (AvgIpc) is 3.27. The van der Waals surface area contributed by atoms with Gasteiger partial charge in [0.2, 0.25) is 11.8 Å². The monoisotopic (exact) mass is 586 g/mol. The fourth-order valence-electron chi connectivity index (χ4n) is 6.30. The number of fused-ring (bicyclic) bond motifs is 1. The third-order valence-electron chi connectivity index (χ3n) is 8.33. The second-order valence-electron chi connectivity index (χ2n) is 12.0. The van der Waals surface area contributed by atoms with Crippen LogP contribution in [0.15, 0.2) is 48.5 Å². The minimum atomic E-state index is -0.248. The lowest BCUT2D eigenvalue weighted by Gasteiger charge is -2.39. The van der Waals surface area contributed by atoms with Crippen molar-refractivity contribution in [2.24, 2.45) is 17.6 Å². The van der Waals surface area contributed by atoms with Crippen molar-refractivity contribution in [1.82, 2.24) is 15.1 Å². The first-order chi connectivity index (χ1) is 19.2. The van der Waals surface area contributed by atoms with Gasteiger partial charge in [-0.1, -0.05) is 73.4 Å². The van der Waals surface area contributed by atoms with Crippen molar-refractivity contribution in [3.05, 3.63) is 69.7 Å². The van der Waals surface area contributed by atoms with E-state index in [2.05, 4.69) is 54.4 Å². The van der Waals surface area contributed by atoms with Crippen LogP contribution in [-0.4, -0.2) is 65.9 Å². The lowest BCUT2D eigenvalue weighted by molar-refractivity contribution is -0.136. The van der Waals surface area contributed by atoms with E-state index >= 15 is 0 Å². The standard InChI is InChI=1S/C32H44Cl2N4O2/c1-22(2)16-25(32(40)36-14-12-24-9-11-29(33)30(34)17-24)20-37-15-13-27(10-8-23-6-4-3-5-7-23)38-21-26(35)18-28(38)19-31(37)39/h3-7,9,11,17,22,25-28H,8,10,12-16,18-21,35H2,1-2H3,(H,36,40)/t25-,26+,27?,28-/m0/s1. The fourth-order valence-corrected chi connectivity index (χ4v) is 6.62. The van der Waals surface area contributed by atoms with E-state index in [9.17, 15) is 9.59 Å². The van der Waals surface area contributed by atoms with Crippen LogP contribution in [0.25, 0.3) is 0 Å². The van der Waals surface area contributed by atoms with Gasteiger partial charge in [-0.05, 0) is 67.7 Å². The molecule has 0 aliphatic carbocycles. The predicted molar refractivity (Wildman–Crippen MR) is 164 cm³/mol. The highest BCUT2D eigenvalue weighted by Crippen LogP contribution is 2.30. The van der Waals surface area contributed by atoms with Gasteiger partial charge in [-0.25, -0.2) is 0 Å². The molecule has 2 aliphatic heterocycles. The Labute approximate surface area is 249 Å². The Hall–Kier alpha value is -2.12. The van der Waals surface area contributed by atoms with E-state index in [1.807, 2.05) is 17.0 Å². The van der Waals surface area contributed by atoms with Gasteiger partial charge < -0.3 is 16.0 Å². The van der Waals surface area contributed by atoms with Crippen molar-refractivity contribution in [2.45, 2.75) is 76.9 Å². The third-order valence-corrected chi connectivity index (χ3v) is 9.07. The van der Waals surface area contributed by atoms with Crippen LogP contribution < -0.4 is 11.1 Å². The highest BCUT2D eigenvalue weighted by molar-refractivity contribution is 6.42. The van der Waals surface area contributed by atoms with Gasteiger partial charge in [0, 0.05) is 50.7 Å². The Kier molecular flexibility index (Phi) is 11.3. The minimum Gasteiger partial charge on any atom is -0.355 e. The van der Waals surface area contributed by atoms with E-state index in [0.717, 1.165) is 44.2 Å². The van der Waals surface area contributed by atoms with E-state index in [4.69, 9.17) is 28.9 Å². The largest absolute Gasteiger partial charge is 0.355 e. The van der Waals surface area contributed by atoms with Crippen molar-refractivity contribution in [3.8, 4) is 0 Å². The summed E-state index contributed by atoms with van der Waals surface area (Å²) < 4.78 is 0. The molecule has 3 N–H and O–H groups in total. The van der Waals surface area contributed by atoms with Gasteiger partial charge in [0.15, 0.2) is 0 Å². The summed E-state index contributed by atoms with van der Waals surface area (Å²) in [7, 11) is 0. The highest BCUT2D eigenvalue weighted by atomic mass is 35.5. The summed E-state index contributed by atoms with van der Waals surface area (Å²) >= 11 is 12.2. The number of carbonyl (C=O) groups excluding carboxylic acids is 2. The third kappa shape index (κ3) is 8.69. The Balaban J connectivity index is 1.39. The Morgan fingerprint density at radius 3 is 2.58 bits per heavy atom. The van der Waals surface area contributed by atoms with Crippen molar-refractivity contribution >= 4 is 35.0 Å². The molecule has 0 radical (unpaired) electrons. The zero-order valence-electron chi connectivity index (χ0n) is 23.8. The maximum Gasteiger partial charge on any atom is 0.224 e. The number of hydrogen-bond acceptors (Lipinski definition) is 4. The molecule has 0 aromatic heterocycles. The van der Waals surface area contributed by atoms with Crippen molar-refractivity contribution in [3.63, 3.8) is 0 Å². The molecule has 8 heteroatoms. The summed E-state index contributed by atoms with van der Waals surface area (Å²) in [5, 5.41) is 4.15. The Morgan fingerprint density at radius 1 is 1.07 bits per heavy atom. The summed E-state index contributed by atoms with van der Waals surface area (Å²) in [6.07, 6.45) is 5.68. The number of aryl methyl sites for hydroxylation is 1. The molecule has 2 heterocycles. The molecule has 0 bridgehead atoms.